The van der Waals surface area contributed by atoms with E-state index in [4.69, 9.17) is 37.2 Å². The van der Waals surface area contributed by atoms with Crippen molar-refractivity contribution in [2.45, 2.75) is 25.5 Å². The molecule has 11 nitrogen and oxygen atoms in total. The number of anilines is 1. The molecule has 3 aromatic rings. The number of aryl methyl sites for hydroxylation is 1. The van der Waals surface area contributed by atoms with Gasteiger partial charge in [-0.2, -0.15) is 0 Å². The number of H-pyrrole nitrogens is 1. The summed E-state index contributed by atoms with van der Waals surface area (Å²) in [6, 6.07) is 1.34. The number of aromatic nitrogens is 3. The van der Waals surface area contributed by atoms with Gasteiger partial charge in [-0.3, -0.25) is 4.79 Å². The summed E-state index contributed by atoms with van der Waals surface area (Å²) < 4.78 is 20.7. The van der Waals surface area contributed by atoms with Gasteiger partial charge in [-0.05, 0) is 13.3 Å². The molecule has 0 radical (unpaired) electrons. The zero-order chi connectivity index (χ0) is 24.4. The van der Waals surface area contributed by atoms with Crippen molar-refractivity contribution >= 4 is 51.7 Å². The van der Waals surface area contributed by atoms with Crippen LogP contribution >= 0.6 is 34.5 Å². The van der Waals surface area contributed by atoms with Crippen molar-refractivity contribution in [1.29, 1.82) is 0 Å². The van der Waals surface area contributed by atoms with E-state index in [0.717, 1.165) is 11.3 Å². The summed E-state index contributed by atoms with van der Waals surface area (Å²) in [5.74, 6) is -0.0141. The first-order valence-electron chi connectivity index (χ1n) is 10.1. The van der Waals surface area contributed by atoms with Crippen LogP contribution in [-0.4, -0.2) is 66.6 Å². The largest absolute Gasteiger partial charge is 0.514 e. The van der Waals surface area contributed by atoms with E-state index in [0.29, 0.717) is 46.8 Å². The molecule has 0 unspecified atom stereocenters. The fourth-order valence-electron chi connectivity index (χ4n) is 3.57. The van der Waals surface area contributed by atoms with Crippen LogP contribution in [-0.2, 0) is 9.47 Å². The number of carbonyl (C=O) groups excluding carboxylic acids is 2. The Morgan fingerprint density at radius 2 is 2.12 bits per heavy atom. The van der Waals surface area contributed by atoms with Crippen LogP contribution in [0, 0.1) is 6.92 Å². The number of nitrogens with one attached hydrogen (secondary N) is 2. The van der Waals surface area contributed by atoms with Crippen molar-refractivity contribution in [3.63, 3.8) is 0 Å². The van der Waals surface area contributed by atoms with E-state index in [-0.39, 0.29) is 33.8 Å². The number of hydrogen-bond acceptors (Lipinski definition) is 10. The summed E-state index contributed by atoms with van der Waals surface area (Å²) in [5, 5.41) is 7.97. The quantitative estimate of drug-likeness (QED) is 0.456. The molecule has 1 aliphatic heterocycles. The second-order valence-electron chi connectivity index (χ2n) is 7.41. The molecule has 0 bridgehead atoms. The second kappa shape index (κ2) is 10.2. The number of halogens is 2. The molecule has 1 saturated heterocycles. The van der Waals surface area contributed by atoms with Gasteiger partial charge in [-0.25, -0.2) is 9.78 Å². The summed E-state index contributed by atoms with van der Waals surface area (Å²) in [7, 11) is 2.79. The van der Waals surface area contributed by atoms with Crippen LogP contribution in [0.4, 0.5) is 9.93 Å². The molecule has 14 heteroatoms. The first-order valence-corrected chi connectivity index (χ1v) is 11.7. The predicted molar refractivity (Wildman–Crippen MR) is 125 cm³/mol. The standard InChI is InChI=1S/C20H21Cl2N5O6S/c1-9-13(21)14(22)16(24-9)17(28)25-10-5-7-27(8-12(10)30-2)19-26-15(11-4-6-23-33-11)18(34-19)32-20(29)31-3/h4,6,10,12,24H,5,7-8H2,1-3H3,(H,25,28)/t10-,12+/m1/s1. The first-order chi connectivity index (χ1) is 16.3. The Labute approximate surface area is 208 Å². The highest BCUT2D eigenvalue weighted by Gasteiger charge is 2.34. The topological polar surface area (TPSA) is 132 Å². The van der Waals surface area contributed by atoms with Crippen molar-refractivity contribution in [3.8, 4) is 16.5 Å². The lowest BCUT2D eigenvalue weighted by Gasteiger charge is -2.37. The lowest BCUT2D eigenvalue weighted by Crippen LogP contribution is -2.55. The lowest BCUT2D eigenvalue weighted by atomic mass is 10.0. The molecule has 4 heterocycles. The molecule has 3 aromatic heterocycles. The number of aromatic amines is 1. The SMILES string of the molecule is COC(=O)Oc1sc(N2CC[C@@H](NC(=O)c3[nH]c(C)c(Cl)c3Cl)[C@@H](OC)C2)nc1-c1ccno1. The fourth-order valence-corrected chi connectivity index (χ4v) is 4.94. The first kappa shape index (κ1) is 24.3. The summed E-state index contributed by atoms with van der Waals surface area (Å²) in [6.45, 7) is 2.73. The molecule has 0 aliphatic carbocycles. The molecular formula is C20H21Cl2N5O6S. The summed E-state index contributed by atoms with van der Waals surface area (Å²) >= 11 is 13.4. The van der Waals surface area contributed by atoms with Crippen LogP contribution in [0.1, 0.15) is 22.6 Å². The third-order valence-electron chi connectivity index (χ3n) is 5.33. The number of ether oxygens (including phenoxy) is 3. The Kier molecular flexibility index (Phi) is 7.31. The molecule has 1 aliphatic rings. The van der Waals surface area contributed by atoms with Crippen LogP contribution < -0.4 is 15.0 Å². The van der Waals surface area contributed by atoms with Crippen LogP contribution in [0.5, 0.6) is 5.06 Å². The van der Waals surface area contributed by atoms with Gasteiger partial charge in [0.05, 0.1) is 35.5 Å². The van der Waals surface area contributed by atoms with Crippen molar-refractivity contribution in [3.05, 3.63) is 33.7 Å². The van der Waals surface area contributed by atoms with Crippen LogP contribution in [0.2, 0.25) is 10.0 Å². The van der Waals surface area contributed by atoms with Gasteiger partial charge in [-0.15, -0.1) is 0 Å². The molecule has 0 saturated carbocycles. The van der Waals surface area contributed by atoms with E-state index in [9.17, 15) is 9.59 Å². The average Bonchev–Trinajstić information content (AvgIpc) is 3.56. The van der Waals surface area contributed by atoms with Gasteiger partial charge in [0.2, 0.25) is 5.06 Å². The fraction of sp³-hybridized carbons (Fsp3) is 0.400. The summed E-state index contributed by atoms with van der Waals surface area (Å²) in [6.07, 6.45) is 0.826. The number of hydrogen-bond donors (Lipinski definition) is 2. The molecule has 2 N–H and O–H groups in total. The predicted octanol–water partition coefficient (Wildman–Crippen LogP) is 3.91. The number of amides is 1. The number of carbonyl (C=O) groups is 2. The van der Waals surface area contributed by atoms with E-state index in [1.807, 2.05) is 4.90 Å². The summed E-state index contributed by atoms with van der Waals surface area (Å²) in [5.41, 5.74) is 1.16. The minimum Gasteiger partial charge on any atom is -0.437 e. The number of rotatable bonds is 6. The molecule has 34 heavy (non-hydrogen) atoms. The Morgan fingerprint density at radius 1 is 1.32 bits per heavy atom. The Hall–Kier alpha value is -2.80. The third kappa shape index (κ3) is 4.85. The van der Waals surface area contributed by atoms with Gasteiger partial charge < -0.3 is 33.9 Å². The number of piperidine rings is 1. The van der Waals surface area contributed by atoms with Crippen molar-refractivity contribution in [2.24, 2.45) is 0 Å². The van der Waals surface area contributed by atoms with E-state index < -0.39 is 6.16 Å². The van der Waals surface area contributed by atoms with E-state index in [1.165, 1.54) is 13.3 Å². The zero-order valence-electron chi connectivity index (χ0n) is 18.4. The van der Waals surface area contributed by atoms with Crippen LogP contribution in [0.15, 0.2) is 16.8 Å². The molecule has 0 aromatic carbocycles. The highest BCUT2D eigenvalue weighted by molar-refractivity contribution is 7.18. The lowest BCUT2D eigenvalue weighted by molar-refractivity contribution is 0.0540. The van der Waals surface area contributed by atoms with Gasteiger partial charge in [-0.1, -0.05) is 39.7 Å². The zero-order valence-corrected chi connectivity index (χ0v) is 20.7. The van der Waals surface area contributed by atoms with E-state index in [2.05, 4.69) is 25.2 Å². The maximum Gasteiger partial charge on any atom is 0.514 e. The smallest absolute Gasteiger partial charge is 0.437 e. The number of thiazole rings is 1. The minimum absolute atomic E-state index is 0.184. The third-order valence-corrected chi connectivity index (χ3v) is 7.27. The Morgan fingerprint density at radius 3 is 2.74 bits per heavy atom. The van der Waals surface area contributed by atoms with Gasteiger partial charge in [0.15, 0.2) is 16.6 Å². The monoisotopic (exact) mass is 529 g/mol. The highest BCUT2D eigenvalue weighted by Crippen LogP contribution is 2.40. The molecule has 182 valence electrons. The minimum atomic E-state index is -0.870. The Bertz CT molecular complexity index is 1180. The van der Waals surface area contributed by atoms with Crippen molar-refractivity contribution in [2.75, 3.05) is 32.2 Å². The average molecular weight is 530 g/mol. The molecule has 2 atom stereocenters. The highest BCUT2D eigenvalue weighted by atomic mass is 35.5. The Balaban J connectivity index is 1.50. The molecule has 1 amide bonds. The normalized spacial score (nSPS) is 18.1. The van der Waals surface area contributed by atoms with Crippen molar-refractivity contribution < 1.29 is 28.3 Å². The maximum atomic E-state index is 12.8. The molecule has 1 fully saturated rings. The molecule has 0 spiro atoms. The van der Waals surface area contributed by atoms with Crippen LogP contribution in [0.3, 0.4) is 0 Å². The number of methoxy groups -OCH3 is 2. The van der Waals surface area contributed by atoms with E-state index in [1.54, 1.807) is 20.1 Å². The molecular weight excluding hydrogens is 509 g/mol. The van der Waals surface area contributed by atoms with Crippen molar-refractivity contribution in [1.82, 2.24) is 20.4 Å². The maximum absolute atomic E-state index is 12.8. The van der Waals surface area contributed by atoms with E-state index >= 15 is 0 Å². The second-order valence-corrected chi connectivity index (χ2v) is 9.10. The summed E-state index contributed by atoms with van der Waals surface area (Å²) in [4.78, 5) is 34.0. The van der Waals surface area contributed by atoms with Gasteiger partial charge >= 0.3 is 6.16 Å². The van der Waals surface area contributed by atoms with Gasteiger partial charge in [0, 0.05) is 32.0 Å². The molecule has 4 rings (SSSR count). The van der Waals surface area contributed by atoms with Crippen LogP contribution in [0.25, 0.3) is 11.5 Å². The van der Waals surface area contributed by atoms with Gasteiger partial charge in [0.25, 0.3) is 5.91 Å². The van der Waals surface area contributed by atoms with Gasteiger partial charge in [0.1, 0.15) is 5.69 Å². The number of nitrogens with zero attached hydrogens (tertiary/aromatic N) is 3.